The van der Waals surface area contributed by atoms with Gasteiger partial charge in [0.2, 0.25) is 0 Å². The van der Waals surface area contributed by atoms with Gasteiger partial charge in [-0.15, -0.1) is 0 Å². The molecule has 0 amide bonds. The van der Waals surface area contributed by atoms with Crippen molar-refractivity contribution in [2.24, 2.45) is 5.73 Å². The van der Waals surface area contributed by atoms with Gasteiger partial charge < -0.3 is 10.5 Å². The lowest BCUT2D eigenvalue weighted by molar-refractivity contribution is -0.0447. The van der Waals surface area contributed by atoms with Gasteiger partial charge in [0.15, 0.2) is 0 Å². The normalized spacial score (nSPS) is 31.3. The van der Waals surface area contributed by atoms with Gasteiger partial charge in [0.25, 0.3) is 0 Å². The maximum atomic E-state index is 5.54. The Labute approximate surface area is 80.5 Å². The number of rotatable bonds is 3. The van der Waals surface area contributed by atoms with E-state index in [0.717, 1.165) is 19.7 Å². The molecule has 1 rings (SSSR count). The zero-order valence-corrected chi connectivity index (χ0v) is 8.57. The molecule has 0 bridgehead atoms. The van der Waals surface area contributed by atoms with Crippen molar-refractivity contribution in [1.82, 2.24) is 4.90 Å². The van der Waals surface area contributed by atoms with Crippen molar-refractivity contribution in [1.29, 1.82) is 0 Å². The predicted octanol–water partition coefficient (Wildman–Crippen LogP) is 0.611. The van der Waals surface area contributed by atoms with Crippen LogP contribution in [0.3, 0.4) is 0 Å². The highest BCUT2D eigenvalue weighted by Gasteiger charge is 2.21. The van der Waals surface area contributed by atoms with Crippen LogP contribution in [0.2, 0.25) is 0 Å². The summed E-state index contributed by atoms with van der Waals surface area (Å²) in [6, 6.07) is 0.527. The minimum Gasteiger partial charge on any atom is -0.376 e. The number of hydrogen-bond acceptors (Lipinski definition) is 3. The molecule has 3 nitrogen and oxygen atoms in total. The van der Waals surface area contributed by atoms with Crippen molar-refractivity contribution in [3.8, 4) is 0 Å². The summed E-state index contributed by atoms with van der Waals surface area (Å²) in [5.74, 6) is 0. The lowest BCUT2D eigenvalue weighted by Crippen LogP contribution is -2.47. The Morgan fingerprint density at radius 1 is 1.46 bits per heavy atom. The summed E-state index contributed by atoms with van der Waals surface area (Å²) in [4.78, 5) is 2.42. The van der Waals surface area contributed by atoms with Crippen LogP contribution in [0.15, 0.2) is 12.2 Å². The molecule has 1 aliphatic heterocycles. The predicted molar refractivity (Wildman–Crippen MR) is 54.6 cm³/mol. The average molecular weight is 184 g/mol. The molecule has 76 valence electrons. The third-order valence-electron chi connectivity index (χ3n) is 2.38. The van der Waals surface area contributed by atoms with Crippen LogP contribution in [-0.2, 0) is 4.74 Å². The quantitative estimate of drug-likeness (QED) is 0.653. The van der Waals surface area contributed by atoms with Crippen molar-refractivity contribution in [3.63, 3.8) is 0 Å². The molecule has 0 aromatic heterocycles. The molecule has 13 heavy (non-hydrogen) atoms. The van der Waals surface area contributed by atoms with E-state index in [1.54, 1.807) is 0 Å². The highest BCUT2D eigenvalue weighted by Crippen LogP contribution is 2.10. The van der Waals surface area contributed by atoms with Crippen LogP contribution in [0.4, 0.5) is 0 Å². The molecule has 0 radical (unpaired) electrons. The van der Waals surface area contributed by atoms with Gasteiger partial charge in [0.05, 0.1) is 12.7 Å². The molecular formula is C10H20N2O. The second kappa shape index (κ2) is 5.37. The Kier molecular flexibility index (Phi) is 4.42. The van der Waals surface area contributed by atoms with Gasteiger partial charge in [-0.05, 0) is 13.8 Å². The molecule has 2 unspecified atom stereocenters. The molecule has 2 atom stereocenters. The topological polar surface area (TPSA) is 38.5 Å². The smallest absolute Gasteiger partial charge is 0.0674 e. The summed E-state index contributed by atoms with van der Waals surface area (Å²) >= 11 is 0. The Morgan fingerprint density at radius 3 is 2.92 bits per heavy atom. The van der Waals surface area contributed by atoms with E-state index in [0.29, 0.717) is 18.7 Å². The van der Waals surface area contributed by atoms with E-state index in [2.05, 4.69) is 24.8 Å². The van der Waals surface area contributed by atoms with E-state index in [4.69, 9.17) is 10.5 Å². The Morgan fingerprint density at radius 2 is 2.23 bits per heavy atom. The number of morpholine rings is 1. The Bertz CT molecular complexity index is 170. The standard InChI is InChI=1S/C10H20N2O/c1-9-8-13-10(2)7-12(9)6-4-3-5-11/h3-4,9-10H,5-8,11H2,1-2H3. The molecule has 1 fully saturated rings. The lowest BCUT2D eigenvalue weighted by Gasteiger charge is -2.36. The van der Waals surface area contributed by atoms with Crippen LogP contribution in [0, 0.1) is 0 Å². The fourth-order valence-electron chi connectivity index (χ4n) is 1.53. The van der Waals surface area contributed by atoms with E-state index in [1.165, 1.54) is 0 Å². The van der Waals surface area contributed by atoms with Crippen LogP contribution in [0.5, 0.6) is 0 Å². The van der Waals surface area contributed by atoms with Crippen molar-refractivity contribution >= 4 is 0 Å². The van der Waals surface area contributed by atoms with Gasteiger partial charge in [-0.1, -0.05) is 12.2 Å². The largest absolute Gasteiger partial charge is 0.376 e. The fourth-order valence-corrected chi connectivity index (χ4v) is 1.53. The SMILES string of the molecule is CC1CN(CC=CCN)C(C)CO1. The maximum absolute atomic E-state index is 5.54. The van der Waals surface area contributed by atoms with Crippen LogP contribution in [0.25, 0.3) is 0 Å². The average Bonchev–Trinajstić information content (AvgIpc) is 2.11. The minimum atomic E-state index is 0.363. The molecule has 1 saturated heterocycles. The lowest BCUT2D eigenvalue weighted by atomic mass is 10.2. The van der Waals surface area contributed by atoms with E-state index in [9.17, 15) is 0 Å². The van der Waals surface area contributed by atoms with Crippen molar-refractivity contribution in [2.75, 3.05) is 26.2 Å². The van der Waals surface area contributed by atoms with E-state index in [1.807, 2.05) is 6.08 Å². The van der Waals surface area contributed by atoms with Gasteiger partial charge in [-0.2, -0.15) is 0 Å². The first-order valence-corrected chi connectivity index (χ1v) is 4.94. The second-order valence-electron chi connectivity index (χ2n) is 3.65. The molecule has 0 aliphatic carbocycles. The maximum Gasteiger partial charge on any atom is 0.0674 e. The molecule has 0 aromatic rings. The molecule has 3 heteroatoms. The zero-order valence-electron chi connectivity index (χ0n) is 8.57. The van der Waals surface area contributed by atoms with E-state index in [-0.39, 0.29) is 0 Å². The first-order chi connectivity index (χ1) is 6.24. The number of nitrogens with two attached hydrogens (primary N) is 1. The summed E-state index contributed by atoms with van der Waals surface area (Å²) in [5.41, 5.74) is 5.38. The van der Waals surface area contributed by atoms with Crippen molar-refractivity contribution in [3.05, 3.63) is 12.2 Å². The first-order valence-electron chi connectivity index (χ1n) is 4.94. The second-order valence-corrected chi connectivity index (χ2v) is 3.65. The summed E-state index contributed by atoms with van der Waals surface area (Å²) < 4.78 is 5.54. The van der Waals surface area contributed by atoms with Crippen LogP contribution < -0.4 is 5.73 Å². The number of ether oxygens (including phenoxy) is 1. The third-order valence-corrected chi connectivity index (χ3v) is 2.38. The highest BCUT2D eigenvalue weighted by molar-refractivity contribution is 4.88. The molecule has 0 aromatic carbocycles. The van der Waals surface area contributed by atoms with Crippen LogP contribution in [0.1, 0.15) is 13.8 Å². The van der Waals surface area contributed by atoms with Crippen LogP contribution in [-0.4, -0.2) is 43.3 Å². The Hall–Kier alpha value is -0.380. The molecule has 1 heterocycles. The summed E-state index contributed by atoms with van der Waals surface area (Å²) in [6.45, 7) is 7.81. The summed E-state index contributed by atoms with van der Waals surface area (Å²) in [5, 5.41) is 0. The van der Waals surface area contributed by atoms with E-state index < -0.39 is 0 Å². The van der Waals surface area contributed by atoms with Crippen molar-refractivity contribution in [2.45, 2.75) is 26.0 Å². The summed E-state index contributed by atoms with van der Waals surface area (Å²) in [7, 11) is 0. The van der Waals surface area contributed by atoms with Crippen molar-refractivity contribution < 1.29 is 4.74 Å². The number of nitrogens with zero attached hydrogens (tertiary/aromatic N) is 1. The fraction of sp³-hybridized carbons (Fsp3) is 0.800. The molecular weight excluding hydrogens is 164 g/mol. The molecule has 1 aliphatic rings. The molecule has 0 saturated carbocycles. The monoisotopic (exact) mass is 184 g/mol. The zero-order chi connectivity index (χ0) is 9.68. The first kappa shape index (κ1) is 10.7. The van der Waals surface area contributed by atoms with Gasteiger partial charge in [-0.25, -0.2) is 0 Å². The van der Waals surface area contributed by atoms with Crippen LogP contribution >= 0.6 is 0 Å². The van der Waals surface area contributed by atoms with E-state index >= 15 is 0 Å². The summed E-state index contributed by atoms with van der Waals surface area (Å²) in [6.07, 6.45) is 4.50. The Balaban J connectivity index is 2.33. The van der Waals surface area contributed by atoms with Gasteiger partial charge in [0.1, 0.15) is 0 Å². The molecule has 2 N–H and O–H groups in total. The van der Waals surface area contributed by atoms with Gasteiger partial charge >= 0.3 is 0 Å². The highest BCUT2D eigenvalue weighted by atomic mass is 16.5. The third kappa shape index (κ3) is 3.46. The number of hydrogen-bond donors (Lipinski definition) is 1. The van der Waals surface area contributed by atoms with Gasteiger partial charge in [0, 0.05) is 25.7 Å². The van der Waals surface area contributed by atoms with Gasteiger partial charge in [-0.3, -0.25) is 4.90 Å². The minimum absolute atomic E-state index is 0.363. The molecule has 0 spiro atoms.